The summed E-state index contributed by atoms with van der Waals surface area (Å²) in [5.74, 6) is 1.75. The molecule has 94 valence electrons. The van der Waals surface area contributed by atoms with E-state index in [0.29, 0.717) is 6.04 Å². The molecule has 2 rings (SSSR count). The van der Waals surface area contributed by atoms with E-state index < -0.39 is 0 Å². The summed E-state index contributed by atoms with van der Waals surface area (Å²) in [5.41, 5.74) is 1.39. The molecule has 0 spiro atoms. The maximum atomic E-state index is 5.66. The molecular weight excluding hydrogens is 210 g/mol. The van der Waals surface area contributed by atoms with Gasteiger partial charge in [0.25, 0.3) is 0 Å². The van der Waals surface area contributed by atoms with Gasteiger partial charge in [0, 0.05) is 6.04 Å². The number of ether oxygens (including phenoxy) is 1. The van der Waals surface area contributed by atoms with E-state index in [1.807, 2.05) is 0 Å². The summed E-state index contributed by atoms with van der Waals surface area (Å²) in [6, 6.07) is 9.10. The third-order valence-electron chi connectivity index (χ3n) is 3.49. The smallest absolute Gasteiger partial charge is 0.119 e. The maximum absolute atomic E-state index is 5.66. The number of benzene rings is 1. The Balaban J connectivity index is 2.07. The largest absolute Gasteiger partial charge is 0.491 e. The van der Waals surface area contributed by atoms with Crippen molar-refractivity contribution in [1.29, 1.82) is 0 Å². The minimum absolute atomic E-state index is 0.244. The first-order valence-corrected chi connectivity index (χ1v) is 6.70. The second kappa shape index (κ2) is 5.54. The quantitative estimate of drug-likeness (QED) is 0.859. The predicted molar refractivity (Wildman–Crippen MR) is 71.3 cm³/mol. The van der Waals surface area contributed by atoms with Gasteiger partial charge in [0.05, 0.1) is 6.10 Å². The summed E-state index contributed by atoms with van der Waals surface area (Å²) in [6.45, 7) is 7.54. The van der Waals surface area contributed by atoms with Crippen molar-refractivity contribution < 1.29 is 4.74 Å². The van der Waals surface area contributed by atoms with Crippen LogP contribution in [0.3, 0.4) is 0 Å². The van der Waals surface area contributed by atoms with Crippen LogP contribution < -0.4 is 10.1 Å². The monoisotopic (exact) mass is 233 g/mol. The molecule has 0 aliphatic carbocycles. The number of rotatable bonds is 4. The fraction of sp³-hybridized carbons (Fsp3) is 0.600. The zero-order valence-corrected chi connectivity index (χ0v) is 11.1. The molecule has 1 aliphatic heterocycles. The minimum atomic E-state index is 0.244. The van der Waals surface area contributed by atoms with E-state index in [1.165, 1.54) is 18.4 Å². The van der Waals surface area contributed by atoms with E-state index in [0.717, 1.165) is 18.2 Å². The SMILES string of the molecule is CCC1CCNC1c1ccc(OC(C)C)cc1. The van der Waals surface area contributed by atoms with E-state index >= 15 is 0 Å². The van der Waals surface area contributed by atoms with Crippen molar-refractivity contribution >= 4 is 0 Å². The van der Waals surface area contributed by atoms with Crippen molar-refractivity contribution in [1.82, 2.24) is 5.32 Å². The fourth-order valence-corrected chi connectivity index (χ4v) is 2.61. The Morgan fingerprint density at radius 1 is 1.29 bits per heavy atom. The molecule has 2 heteroatoms. The topological polar surface area (TPSA) is 21.3 Å². The van der Waals surface area contributed by atoms with Gasteiger partial charge in [-0.3, -0.25) is 0 Å². The number of nitrogens with one attached hydrogen (secondary N) is 1. The summed E-state index contributed by atoms with van der Waals surface area (Å²) in [7, 11) is 0. The molecule has 0 aromatic heterocycles. The van der Waals surface area contributed by atoms with Crippen molar-refractivity contribution in [3.05, 3.63) is 29.8 Å². The highest BCUT2D eigenvalue weighted by Gasteiger charge is 2.26. The van der Waals surface area contributed by atoms with Crippen molar-refractivity contribution in [2.45, 2.75) is 45.8 Å². The molecule has 1 saturated heterocycles. The summed E-state index contributed by atoms with van der Waals surface area (Å²) in [6.07, 6.45) is 2.79. The summed E-state index contributed by atoms with van der Waals surface area (Å²) >= 11 is 0. The van der Waals surface area contributed by atoms with Crippen LogP contribution >= 0.6 is 0 Å². The fourth-order valence-electron chi connectivity index (χ4n) is 2.61. The van der Waals surface area contributed by atoms with Crippen LogP contribution in [0.2, 0.25) is 0 Å². The Bertz CT molecular complexity index is 344. The first-order valence-electron chi connectivity index (χ1n) is 6.70. The summed E-state index contributed by atoms with van der Waals surface area (Å²) < 4.78 is 5.66. The van der Waals surface area contributed by atoms with Gasteiger partial charge in [-0.15, -0.1) is 0 Å². The Morgan fingerprint density at radius 3 is 2.59 bits per heavy atom. The van der Waals surface area contributed by atoms with E-state index in [-0.39, 0.29) is 6.10 Å². The van der Waals surface area contributed by atoms with E-state index in [1.54, 1.807) is 0 Å². The molecule has 1 aliphatic rings. The van der Waals surface area contributed by atoms with Crippen LogP contribution in [0.4, 0.5) is 0 Å². The Labute approximate surface area is 104 Å². The molecule has 2 atom stereocenters. The van der Waals surface area contributed by atoms with Gasteiger partial charge < -0.3 is 10.1 Å². The molecule has 0 radical (unpaired) electrons. The van der Waals surface area contributed by atoms with Gasteiger partial charge in [-0.2, -0.15) is 0 Å². The molecule has 2 unspecified atom stereocenters. The molecule has 1 fully saturated rings. The second-order valence-corrected chi connectivity index (χ2v) is 5.12. The van der Waals surface area contributed by atoms with Crippen molar-refractivity contribution in [2.75, 3.05) is 6.54 Å². The van der Waals surface area contributed by atoms with Crippen LogP contribution in [0.1, 0.15) is 45.2 Å². The third kappa shape index (κ3) is 3.01. The molecular formula is C15H23NO. The lowest BCUT2D eigenvalue weighted by Crippen LogP contribution is -2.17. The van der Waals surface area contributed by atoms with E-state index in [9.17, 15) is 0 Å². The lowest BCUT2D eigenvalue weighted by molar-refractivity contribution is 0.242. The third-order valence-corrected chi connectivity index (χ3v) is 3.49. The number of hydrogen-bond donors (Lipinski definition) is 1. The van der Waals surface area contributed by atoms with Gasteiger partial charge in [-0.1, -0.05) is 25.5 Å². The molecule has 1 heterocycles. The average molecular weight is 233 g/mol. The van der Waals surface area contributed by atoms with E-state index in [4.69, 9.17) is 4.74 Å². The molecule has 17 heavy (non-hydrogen) atoms. The summed E-state index contributed by atoms with van der Waals surface area (Å²) in [4.78, 5) is 0. The summed E-state index contributed by atoms with van der Waals surface area (Å²) in [5, 5.41) is 3.59. The predicted octanol–water partition coefficient (Wildman–Crippen LogP) is 3.53. The van der Waals surface area contributed by atoms with Gasteiger partial charge in [0.15, 0.2) is 0 Å². The Kier molecular flexibility index (Phi) is 4.06. The van der Waals surface area contributed by atoms with E-state index in [2.05, 4.69) is 50.4 Å². The van der Waals surface area contributed by atoms with Crippen LogP contribution in [-0.2, 0) is 0 Å². The van der Waals surface area contributed by atoms with Gasteiger partial charge in [-0.05, 0) is 50.4 Å². The Morgan fingerprint density at radius 2 is 2.00 bits per heavy atom. The molecule has 0 saturated carbocycles. The number of hydrogen-bond acceptors (Lipinski definition) is 2. The molecule has 0 bridgehead atoms. The molecule has 0 amide bonds. The van der Waals surface area contributed by atoms with Crippen LogP contribution in [0.5, 0.6) is 5.75 Å². The Hall–Kier alpha value is -1.02. The highest BCUT2D eigenvalue weighted by molar-refractivity contribution is 5.30. The molecule has 1 aromatic rings. The first-order chi connectivity index (χ1) is 8.20. The zero-order chi connectivity index (χ0) is 12.3. The second-order valence-electron chi connectivity index (χ2n) is 5.12. The first kappa shape index (κ1) is 12.4. The van der Waals surface area contributed by atoms with Crippen molar-refractivity contribution in [2.24, 2.45) is 5.92 Å². The maximum Gasteiger partial charge on any atom is 0.119 e. The van der Waals surface area contributed by atoms with Gasteiger partial charge >= 0.3 is 0 Å². The van der Waals surface area contributed by atoms with Crippen LogP contribution in [0, 0.1) is 5.92 Å². The van der Waals surface area contributed by atoms with Gasteiger partial charge in [0.1, 0.15) is 5.75 Å². The lowest BCUT2D eigenvalue weighted by atomic mass is 9.92. The van der Waals surface area contributed by atoms with Crippen LogP contribution in [0.25, 0.3) is 0 Å². The molecule has 1 aromatic carbocycles. The molecule has 2 nitrogen and oxygen atoms in total. The highest BCUT2D eigenvalue weighted by Crippen LogP contribution is 2.32. The average Bonchev–Trinajstić information content (AvgIpc) is 2.77. The normalized spacial score (nSPS) is 24.2. The van der Waals surface area contributed by atoms with Crippen molar-refractivity contribution in [3.8, 4) is 5.75 Å². The highest BCUT2D eigenvalue weighted by atomic mass is 16.5. The zero-order valence-electron chi connectivity index (χ0n) is 11.1. The van der Waals surface area contributed by atoms with Gasteiger partial charge in [0.2, 0.25) is 0 Å². The van der Waals surface area contributed by atoms with Crippen LogP contribution in [0.15, 0.2) is 24.3 Å². The lowest BCUT2D eigenvalue weighted by Gasteiger charge is -2.19. The standard InChI is InChI=1S/C15H23NO/c1-4-12-9-10-16-15(12)13-5-7-14(8-6-13)17-11(2)3/h5-8,11-12,15-16H,4,9-10H2,1-3H3. The van der Waals surface area contributed by atoms with Crippen LogP contribution in [-0.4, -0.2) is 12.6 Å². The van der Waals surface area contributed by atoms with Crippen molar-refractivity contribution in [3.63, 3.8) is 0 Å². The minimum Gasteiger partial charge on any atom is -0.491 e. The molecule has 1 N–H and O–H groups in total. The van der Waals surface area contributed by atoms with Gasteiger partial charge in [-0.25, -0.2) is 0 Å².